The van der Waals surface area contributed by atoms with Gasteiger partial charge in [0.15, 0.2) is 23.2 Å². The van der Waals surface area contributed by atoms with Gasteiger partial charge in [-0.2, -0.15) is 8.78 Å². The Balaban J connectivity index is 1.77. The van der Waals surface area contributed by atoms with E-state index in [1.54, 1.807) is 13.8 Å². The molecular formula is C29H31F5N4O7. The molecule has 0 unspecified atom stereocenters. The van der Waals surface area contributed by atoms with Crippen molar-refractivity contribution in [3.05, 3.63) is 53.4 Å². The number of rotatable bonds is 13. The first-order valence-electron chi connectivity index (χ1n) is 13.7. The minimum atomic E-state index is -1.88. The minimum Gasteiger partial charge on any atom is -0.495 e. The number of nitrogens with one attached hydrogen (secondary N) is 4. The van der Waals surface area contributed by atoms with E-state index in [4.69, 9.17) is 9.47 Å². The van der Waals surface area contributed by atoms with Gasteiger partial charge in [0, 0.05) is 24.6 Å². The summed E-state index contributed by atoms with van der Waals surface area (Å²) >= 11 is 0. The smallest absolute Gasteiger partial charge is 0.313 e. The van der Waals surface area contributed by atoms with Crippen molar-refractivity contribution in [1.82, 2.24) is 16.0 Å². The fourth-order valence-electron chi connectivity index (χ4n) is 4.50. The molecule has 0 aromatic heterocycles. The molecule has 11 nitrogen and oxygen atoms in total. The van der Waals surface area contributed by atoms with E-state index in [1.165, 1.54) is 13.2 Å². The summed E-state index contributed by atoms with van der Waals surface area (Å²) in [6.45, 7) is 2.52. The van der Waals surface area contributed by atoms with E-state index in [0.29, 0.717) is 0 Å². The number of halogens is 5. The lowest BCUT2D eigenvalue weighted by molar-refractivity contribution is -0.138. The van der Waals surface area contributed by atoms with Crippen LogP contribution >= 0.6 is 0 Å². The van der Waals surface area contributed by atoms with E-state index < -0.39 is 88.9 Å². The van der Waals surface area contributed by atoms with E-state index in [0.717, 1.165) is 12.1 Å². The first-order valence-corrected chi connectivity index (χ1v) is 13.7. The Morgan fingerprint density at radius 1 is 0.956 bits per heavy atom. The van der Waals surface area contributed by atoms with Crippen LogP contribution in [0.4, 0.5) is 27.6 Å². The molecule has 0 aliphatic carbocycles. The quantitative estimate of drug-likeness (QED) is 0.149. The van der Waals surface area contributed by atoms with Gasteiger partial charge in [0.05, 0.1) is 18.8 Å². The highest BCUT2D eigenvalue weighted by molar-refractivity contribution is 6.40. The van der Waals surface area contributed by atoms with Crippen LogP contribution in [0.15, 0.2) is 24.3 Å². The predicted octanol–water partition coefficient (Wildman–Crippen LogP) is 2.52. The highest BCUT2D eigenvalue weighted by Gasteiger charge is 2.34. The number of carbonyl (C=O) groups is 5. The number of ketones is 1. The summed E-state index contributed by atoms with van der Waals surface area (Å²) in [5.41, 5.74) is -0.158. The average molecular weight is 643 g/mol. The molecule has 4 N–H and O–H groups in total. The second kappa shape index (κ2) is 15.3. The van der Waals surface area contributed by atoms with E-state index >= 15 is 0 Å². The molecule has 0 bridgehead atoms. The standard InChI is InChI=1S/C29H31F5N4O7/c1-13(2)8-20(38-29(43)28(42)37-19-10-15(30)4-5-22(19)44-3)27(41)36-18(9-14-6-7-35-26(14)40)21(39)12-45-25-23(33)16(31)11-17(32)24(25)34/h4-5,10-11,13-14,18,20H,6-9,12H2,1-3H3,(H,35,40)(H,36,41)(H,37,42)(H,38,43)/t14-,18-,20-/m0/s1. The first kappa shape index (κ1) is 34.7. The van der Waals surface area contributed by atoms with Gasteiger partial charge in [-0.15, -0.1) is 0 Å². The van der Waals surface area contributed by atoms with Crippen molar-refractivity contribution in [1.29, 1.82) is 0 Å². The van der Waals surface area contributed by atoms with Crippen molar-refractivity contribution in [3.8, 4) is 11.5 Å². The highest BCUT2D eigenvalue weighted by atomic mass is 19.2. The molecule has 16 heteroatoms. The van der Waals surface area contributed by atoms with Gasteiger partial charge in [-0.3, -0.25) is 24.0 Å². The molecule has 1 aliphatic heterocycles. The van der Waals surface area contributed by atoms with Crippen molar-refractivity contribution in [2.24, 2.45) is 11.8 Å². The van der Waals surface area contributed by atoms with E-state index in [2.05, 4.69) is 21.3 Å². The second-order valence-electron chi connectivity index (χ2n) is 10.6. The lowest BCUT2D eigenvalue weighted by Crippen LogP contribution is -2.54. The third-order valence-corrected chi connectivity index (χ3v) is 6.76. The Morgan fingerprint density at radius 2 is 1.62 bits per heavy atom. The summed E-state index contributed by atoms with van der Waals surface area (Å²) < 4.78 is 78.8. The second-order valence-corrected chi connectivity index (χ2v) is 10.6. The topological polar surface area (TPSA) is 152 Å². The summed E-state index contributed by atoms with van der Waals surface area (Å²) in [7, 11) is 1.26. The van der Waals surface area contributed by atoms with Gasteiger partial charge < -0.3 is 30.7 Å². The summed E-state index contributed by atoms with van der Waals surface area (Å²) in [6, 6.07) is 0.233. The largest absolute Gasteiger partial charge is 0.495 e. The fourth-order valence-corrected chi connectivity index (χ4v) is 4.50. The lowest BCUT2D eigenvalue weighted by Gasteiger charge is -2.25. The Morgan fingerprint density at radius 3 is 2.20 bits per heavy atom. The molecule has 2 aromatic rings. The number of hydrogen-bond donors (Lipinski definition) is 4. The maximum atomic E-state index is 14.1. The predicted molar refractivity (Wildman–Crippen MR) is 147 cm³/mol. The van der Waals surface area contributed by atoms with Gasteiger partial charge >= 0.3 is 11.8 Å². The third-order valence-electron chi connectivity index (χ3n) is 6.76. The van der Waals surface area contributed by atoms with Gasteiger partial charge in [0.2, 0.25) is 23.4 Å². The number of methoxy groups -OCH3 is 1. The zero-order chi connectivity index (χ0) is 33.4. The summed E-state index contributed by atoms with van der Waals surface area (Å²) in [4.78, 5) is 64.0. The van der Waals surface area contributed by atoms with Gasteiger partial charge in [-0.05, 0) is 37.3 Å². The van der Waals surface area contributed by atoms with Crippen molar-refractivity contribution >= 4 is 35.1 Å². The lowest BCUT2D eigenvalue weighted by atomic mass is 9.95. The monoisotopic (exact) mass is 642 g/mol. The Hall–Kier alpha value is -4.76. The van der Waals surface area contributed by atoms with Crippen molar-refractivity contribution < 1.29 is 55.4 Å². The van der Waals surface area contributed by atoms with Crippen molar-refractivity contribution in [2.45, 2.75) is 45.2 Å². The first-order chi connectivity index (χ1) is 21.2. The molecule has 45 heavy (non-hydrogen) atoms. The number of anilines is 1. The van der Waals surface area contributed by atoms with Crippen molar-refractivity contribution in [3.63, 3.8) is 0 Å². The van der Waals surface area contributed by atoms with Crippen LogP contribution in [0.1, 0.15) is 33.1 Å². The number of ether oxygens (including phenoxy) is 2. The number of benzene rings is 2. The Bertz CT molecular complexity index is 1450. The number of amides is 4. The maximum absolute atomic E-state index is 14.1. The van der Waals surface area contributed by atoms with Crippen LogP contribution in [-0.2, 0) is 24.0 Å². The molecule has 1 fully saturated rings. The van der Waals surface area contributed by atoms with Crippen LogP contribution in [0.25, 0.3) is 0 Å². The van der Waals surface area contributed by atoms with Crippen LogP contribution in [-0.4, -0.2) is 61.8 Å². The summed E-state index contributed by atoms with van der Waals surface area (Å²) in [6.07, 6.45) is -0.0352. The number of Topliss-reactive ketones (excluding diaryl/α,β-unsaturated/α-hetero) is 1. The maximum Gasteiger partial charge on any atom is 0.313 e. The van der Waals surface area contributed by atoms with Gasteiger partial charge in [-0.1, -0.05) is 13.8 Å². The molecule has 1 heterocycles. The summed E-state index contributed by atoms with van der Waals surface area (Å²) in [5, 5.41) is 9.37. The van der Waals surface area contributed by atoms with E-state index in [9.17, 15) is 45.9 Å². The molecule has 0 spiro atoms. The zero-order valence-corrected chi connectivity index (χ0v) is 24.4. The molecule has 1 saturated heterocycles. The molecule has 0 saturated carbocycles. The average Bonchev–Trinajstić information content (AvgIpc) is 3.38. The fraction of sp³-hybridized carbons (Fsp3) is 0.414. The molecule has 3 atom stereocenters. The molecular weight excluding hydrogens is 611 g/mol. The summed E-state index contributed by atoms with van der Waals surface area (Å²) in [5.74, 6) is -15.4. The Labute approximate surface area is 254 Å². The van der Waals surface area contributed by atoms with Crippen LogP contribution in [0.3, 0.4) is 0 Å². The molecule has 3 rings (SSSR count). The Kier molecular flexibility index (Phi) is 11.8. The SMILES string of the molecule is COc1ccc(F)cc1NC(=O)C(=O)N[C@@H](CC(C)C)C(=O)N[C@@H](C[C@@H]1CCNC1=O)C(=O)COc1c(F)c(F)cc(F)c1F. The van der Waals surface area contributed by atoms with Crippen LogP contribution in [0, 0.1) is 40.9 Å². The van der Waals surface area contributed by atoms with E-state index in [1.807, 2.05) is 0 Å². The number of hydrogen-bond acceptors (Lipinski definition) is 7. The van der Waals surface area contributed by atoms with Crippen LogP contribution in [0.2, 0.25) is 0 Å². The molecule has 4 amide bonds. The minimum absolute atomic E-state index is 0.0333. The van der Waals surface area contributed by atoms with Crippen LogP contribution in [0.5, 0.6) is 11.5 Å². The van der Waals surface area contributed by atoms with Crippen molar-refractivity contribution in [2.75, 3.05) is 25.6 Å². The zero-order valence-electron chi connectivity index (χ0n) is 24.4. The molecule has 1 aliphatic rings. The highest BCUT2D eigenvalue weighted by Crippen LogP contribution is 2.27. The van der Waals surface area contributed by atoms with E-state index in [-0.39, 0.29) is 49.2 Å². The third kappa shape index (κ3) is 9.12. The van der Waals surface area contributed by atoms with Gasteiger partial charge in [0.1, 0.15) is 24.2 Å². The molecule has 244 valence electrons. The van der Waals surface area contributed by atoms with Crippen LogP contribution < -0.4 is 30.7 Å². The number of carbonyl (C=O) groups excluding carboxylic acids is 5. The van der Waals surface area contributed by atoms with Gasteiger partial charge in [-0.25, -0.2) is 13.2 Å². The molecule has 2 aromatic carbocycles. The molecule has 0 radical (unpaired) electrons. The van der Waals surface area contributed by atoms with Gasteiger partial charge in [0.25, 0.3) is 0 Å². The normalized spacial score (nSPS) is 15.6.